The number of anilines is 1. The highest BCUT2D eigenvalue weighted by atomic mass is 16.4. The van der Waals surface area contributed by atoms with Crippen molar-refractivity contribution in [3.05, 3.63) is 36.0 Å². The quantitative estimate of drug-likeness (QED) is 0.846. The van der Waals surface area contributed by atoms with E-state index in [1.54, 1.807) is 6.20 Å². The zero-order chi connectivity index (χ0) is 12.3. The molecule has 88 valence electrons. The first-order valence-corrected chi connectivity index (χ1v) is 5.54. The lowest BCUT2D eigenvalue weighted by atomic mass is 10.1. The third-order valence-electron chi connectivity index (χ3n) is 2.65. The Kier molecular flexibility index (Phi) is 3.23. The lowest BCUT2D eigenvalue weighted by Crippen LogP contribution is -2.13. The number of hydrogen-bond donors (Lipinski definition) is 2. The van der Waals surface area contributed by atoms with Crippen LogP contribution in [0.2, 0.25) is 0 Å². The van der Waals surface area contributed by atoms with Crippen LogP contribution in [0.25, 0.3) is 10.8 Å². The van der Waals surface area contributed by atoms with Crippen LogP contribution in [0.4, 0.5) is 5.82 Å². The molecule has 0 amide bonds. The molecule has 0 aliphatic rings. The maximum Gasteiger partial charge on any atom is 0.322 e. The van der Waals surface area contributed by atoms with E-state index in [0.717, 1.165) is 17.2 Å². The van der Waals surface area contributed by atoms with Crippen molar-refractivity contribution in [1.29, 1.82) is 0 Å². The van der Waals surface area contributed by atoms with Crippen molar-refractivity contribution in [2.75, 3.05) is 11.9 Å². The summed E-state index contributed by atoms with van der Waals surface area (Å²) in [6, 6.07) is 8.07. The van der Waals surface area contributed by atoms with E-state index in [1.165, 1.54) is 5.56 Å². The molecule has 0 saturated carbocycles. The molecule has 0 bridgehead atoms. The van der Waals surface area contributed by atoms with E-state index in [9.17, 15) is 4.79 Å². The van der Waals surface area contributed by atoms with Crippen LogP contribution in [0.15, 0.2) is 30.5 Å². The van der Waals surface area contributed by atoms with Gasteiger partial charge in [0, 0.05) is 11.6 Å². The number of pyridine rings is 1. The van der Waals surface area contributed by atoms with Gasteiger partial charge in [0.05, 0.1) is 0 Å². The first kappa shape index (κ1) is 11.4. The maximum absolute atomic E-state index is 10.5. The number of benzene rings is 1. The fraction of sp³-hybridized carbons (Fsp3) is 0.231. The Morgan fingerprint density at radius 3 is 2.94 bits per heavy atom. The van der Waals surface area contributed by atoms with Gasteiger partial charge in [-0.3, -0.25) is 4.79 Å². The van der Waals surface area contributed by atoms with Crippen LogP contribution >= 0.6 is 0 Å². The average Bonchev–Trinajstić information content (AvgIpc) is 2.35. The number of aromatic nitrogens is 1. The minimum Gasteiger partial charge on any atom is -0.480 e. The van der Waals surface area contributed by atoms with Gasteiger partial charge < -0.3 is 10.4 Å². The van der Waals surface area contributed by atoms with Crippen LogP contribution in [-0.4, -0.2) is 22.6 Å². The first-order chi connectivity index (χ1) is 8.20. The van der Waals surface area contributed by atoms with Gasteiger partial charge in [0.1, 0.15) is 12.4 Å². The molecule has 4 nitrogen and oxygen atoms in total. The third-order valence-corrected chi connectivity index (χ3v) is 2.65. The molecule has 4 heteroatoms. The molecule has 0 fully saturated rings. The number of carboxylic acid groups (broad SMARTS) is 1. The normalized spacial score (nSPS) is 10.4. The molecular formula is C13H14N2O2. The molecule has 1 aromatic carbocycles. The van der Waals surface area contributed by atoms with Gasteiger partial charge in [-0.25, -0.2) is 4.98 Å². The Bertz CT molecular complexity index is 552. The van der Waals surface area contributed by atoms with Gasteiger partial charge in [0.2, 0.25) is 0 Å². The van der Waals surface area contributed by atoms with Gasteiger partial charge >= 0.3 is 5.97 Å². The smallest absolute Gasteiger partial charge is 0.322 e. The van der Waals surface area contributed by atoms with Gasteiger partial charge in [0.25, 0.3) is 0 Å². The van der Waals surface area contributed by atoms with Crippen LogP contribution in [-0.2, 0) is 11.2 Å². The van der Waals surface area contributed by atoms with Gasteiger partial charge in [-0.1, -0.05) is 19.1 Å². The highest BCUT2D eigenvalue weighted by Crippen LogP contribution is 2.22. The summed E-state index contributed by atoms with van der Waals surface area (Å²) in [5.41, 5.74) is 1.21. The van der Waals surface area contributed by atoms with Gasteiger partial charge in [-0.2, -0.15) is 0 Å². The second-order valence-electron chi connectivity index (χ2n) is 3.82. The zero-order valence-corrected chi connectivity index (χ0v) is 9.60. The van der Waals surface area contributed by atoms with Crippen LogP contribution < -0.4 is 5.32 Å². The lowest BCUT2D eigenvalue weighted by Gasteiger charge is -2.07. The van der Waals surface area contributed by atoms with Crippen LogP contribution in [0.5, 0.6) is 0 Å². The molecule has 0 saturated heterocycles. The Morgan fingerprint density at radius 1 is 1.41 bits per heavy atom. The van der Waals surface area contributed by atoms with Crippen molar-refractivity contribution in [3.63, 3.8) is 0 Å². The minimum absolute atomic E-state index is 0.123. The number of carbonyl (C=O) groups is 1. The third kappa shape index (κ3) is 2.53. The van der Waals surface area contributed by atoms with Crippen molar-refractivity contribution >= 4 is 22.6 Å². The van der Waals surface area contributed by atoms with Crippen molar-refractivity contribution in [2.24, 2.45) is 0 Å². The largest absolute Gasteiger partial charge is 0.480 e. The Morgan fingerprint density at radius 2 is 2.24 bits per heavy atom. The summed E-state index contributed by atoms with van der Waals surface area (Å²) in [6.45, 7) is 1.96. The molecule has 0 radical (unpaired) electrons. The second kappa shape index (κ2) is 4.82. The zero-order valence-electron chi connectivity index (χ0n) is 9.60. The van der Waals surface area contributed by atoms with E-state index in [4.69, 9.17) is 5.11 Å². The van der Waals surface area contributed by atoms with Crippen molar-refractivity contribution < 1.29 is 9.90 Å². The molecule has 0 atom stereocenters. The summed E-state index contributed by atoms with van der Waals surface area (Å²) >= 11 is 0. The number of nitrogens with one attached hydrogen (secondary N) is 1. The molecule has 1 aromatic heterocycles. The number of rotatable bonds is 4. The molecule has 2 aromatic rings. The number of nitrogens with zero attached hydrogens (tertiary/aromatic N) is 1. The second-order valence-corrected chi connectivity index (χ2v) is 3.82. The monoisotopic (exact) mass is 230 g/mol. The number of fused-ring (bicyclic) bond motifs is 1. The minimum atomic E-state index is -0.893. The van der Waals surface area contributed by atoms with Crippen LogP contribution in [0, 0.1) is 0 Å². The Labute approximate surface area is 99.3 Å². The molecule has 17 heavy (non-hydrogen) atoms. The first-order valence-electron chi connectivity index (χ1n) is 5.54. The standard InChI is InChI=1S/C13H14N2O2/c1-2-9-3-4-10-5-6-14-13(11(10)7-9)15-8-12(16)17/h3-7H,2,8H2,1H3,(H,14,15)(H,16,17). The molecule has 0 aliphatic carbocycles. The predicted molar refractivity (Wildman–Crippen MR) is 67.2 cm³/mol. The van der Waals surface area contributed by atoms with Gasteiger partial charge in [-0.05, 0) is 29.5 Å². The molecule has 0 unspecified atom stereocenters. The van der Waals surface area contributed by atoms with Crippen molar-refractivity contribution in [1.82, 2.24) is 4.98 Å². The SMILES string of the molecule is CCc1ccc2ccnc(NCC(=O)O)c2c1. The lowest BCUT2D eigenvalue weighted by molar-refractivity contribution is -0.134. The predicted octanol–water partition coefficient (Wildman–Crippen LogP) is 2.29. The molecule has 2 N–H and O–H groups in total. The van der Waals surface area contributed by atoms with Crippen molar-refractivity contribution in [3.8, 4) is 0 Å². The average molecular weight is 230 g/mol. The summed E-state index contributed by atoms with van der Waals surface area (Å²) in [5.74, 6) is -0.268. The summed E-state index contributed by atoms with van der Waals surface area (Å²) in [6.07, 6.45) is 2.63. The Hall–Kier alpha value is -2.10. The highest BCUT2D eigenvalue weighted by molar-refractivity contribution is 5.93. The van der Waals surface area contributed by atoms with E-state index in [-0.39, 0.29) is 6.54 Å². The highest BCUT2D eigenvalue weighted by Gasteiger charge is 2.04. The molecule has 2 rings (SSSR count). The number of aliphatic carboxylic acids is 1. The number of aryl methyl sites for hydroxylation is 1. The summed E-state index contributed by atoms with van der Waals surface area (Å²) < 4.78 is 0. The molecule has 1 heterocycles. The van der Waals surface area contributed by atoms with E-state index < -0.39 is 5.97 Å². The van der Waals surface area contributed by atoms with Crippen molar-refractivity contribution in [2.45, 2.75) is 13.3 Å². The van der Waals surface area contributed by atoms with Gasteiger partial charge in [0.15, 0.2) is 0 Å². The molecule has 0 spiro atoms. The summed E-state index contributed by atoms with van der Waals surface area (Å²) in [4.78, 5) is 14.7. The number of hydrogen-bond acceptors (Lipinski definition) is 3. The van der Waals surface area contributed by atoms with E-state index in [0.29, 0.717) is 5.82 Å². The van der Waals surface area contributed by atoms with E-state index in [1.807, 2.05) is 18.2 Å². The van der Waals surface area contributed by atoms with E-state index in [2.05, 4.69) is 23.3 Å². The van der Waals surface area contributed by atoms with Crippen LogP contribution in [0.3, 0.4) is 0 Å². The fourth-order valence-corrected chi connectivity index (χ4v) is 1.74. The Balaban J connectivity index is 2.43. The molecule has 0 aliphatic heterocycles. The summed E-state index contributed by atoms with van der Waals surface area (Å²) in [5, 5.41) is 13.5. The maximum atomic E-state index is 10.5. The fourth-order valence-electron chi connectivity index (χ4n) is 1.74. The van der Waals surface area contributed by atoms with E-state index >= 15 is 0 Å². The molecular weight excluding hydrogens is 216 g/mol. The topological polar surface area (TPSA) is 62.2 Å². The van der Waals surface area contributed by atoms with Crippen LogP contribution in [0.1, 0.15) is 12.5 Å². The summed E-state index contributed by atoms with van der Waals surface area (Å²) in [7, 11) is 0. The number of carboxylic acids is 1. The van der Waals surface area contributed by atoms with Gasteiger partial charge in [-0.15, -0.1) is 0 Å².